The zero-order chi connectivity index (χ0) is 14.7. The highest BCUT2D eigenvalue weighted by atomic mass is 32.2. The van der Waals surface area contributed by atoms with Gasteiger partial charge in [0.25, 0.3) is 0 Å². The van der Waals surface area contributed by atoms with Crippen molar-refractivity contribution in [2.24, 2.45) is 5.92 Å². The second-order valence-electron chi connectivity index (χ2n) is 5.78. The van der Waals surface area contributed by atoms with Gasteiger partial charge < -0.3 is 10.4 Å². The molecule has 2 N–H and O–H groups in total. The molecule has 1 saturated heterocycles. The molecule has 4 unspecified atom stereocenters. The van der Waals surface area contributed by atoms with E-state index in [0.29, 0.717) is 11.7 Å². The number of nitrogens with zero attached hydrogens (tertiary/aromatic N) is 1. The van der Waals surface area contributed by atoms with E-state index in [9.17, 15) is 14.7 Å². The number of hydrogen-bond acceptors (Lipinski definition) is 3. The predicted molar refractivity (Wildman–Crippen MR) is 79.8 cm³/mol. The van der Waals surface area contributed by atoms with Crippen LogP contribution in [0.1, 0.15) is 46.0 Å². The van der Waals surface area contributed by atoms with E-state index in [4.69, 9.17) is 0 Å². The zero-order valence-corrected chi connectivity index (χ0v) is 13.0. The van der Waals surface area contributed by atoms with Crippen LogP contribution in [0.3, 0.4) is 0 Å². The van der Waals surface area contributed by atoms with E-state index in [2.05, 4.69) is 12.2 Å². The van der Waals surface area contributed by atoms with E-state index in [0.717, 1.165) is 25.7 Å². The average Bonchev–Trinajstić information content (AvgIpc) is 2.81. The summed E-state index contributed by atoms with van der Waals surface area (Å²) in [6.07, 6.45) is 5.58. The summed E-state index contributed by atoms with van der Waals surface area (Å²) in [6, 6.07) is -0.703. The van der Waals surface area contributed by atoms with E-state index in [-0.39, 0.29) is 17.4 Å². The summed E-state index contributed by atoms with van der Waals surface area (Å²) in [4.78, 5) is 25.1. The third-order valence-corrected chi connectivity index (χ3v) is 5.65. The van der Waals surface area contributed by atoms with Gasteiger partial charge in [-0.25, -0.2) is 9.59 Å². The van der Waals surface area contributed by atoms with Crippen molar-refractivity contribution in [3.05, 3.63) is 0 Å². The van der Waals surface area contributed by atoms with E-state index >= 15 is 0 Å². The summed E-state index contributed by atoms with van der Waals surface area (Å²) in [5.74, 6) is 0.258. The Morgan fingerprint density at radius 2 is 2.15 bits per heavy atom. The van der Waals surface area contributed by atoms with Gasteiger partial charge in [-0.2, -0.15) is 0 Å². The highest BCUT2D eigenvalue weighted by Gasteiger charge is 2.40. The molecule has 6 heteroatoms. The standard InChI is InChI=1S/C14H24N2O3S/c1-3-10-5-4-6-11(7-10)15-14(19)16-9(2)20-8-12(16)13(17)18/h9-12H,3-8H2,1-2H3,(H,15,19)(H,17,18). The fraction of sp³-hybridized carbons (Fsp3) is 0.857. The Bertz CT molecular complexity index is 377. The fourth-order valence-electron chi connectivity index (χ4n) is 3.18. The summed E-state index contributed by atoms with van der Waals surface area (Å²) in [5.41, 5.74) is 0. The number of aliphatic carboxylic acids is 1. The van der Waals surface area contributed by atoms with Gasteiger partial charge in [-0.1, -0.05) is 26.2 Å². The maximum atomic E-state index is 12.4. The molecule has 2 rings (SSSR count). The van der Waals surface area contributed by atoms with Crippen molar-refractivity contribution in [3.8, 4) is 0 Å². The molecule has 1 saturated carbocycles. The van der Waals surface area contributed by atoms with Crippen molar-refractivity contribution in [1.82, 2.24) is 10.2 Å². The van der Waals surface area contributed by atoms with Gasteiger partial charge in [-0.05, 0) is 25.7 Å². The van der Waals surface area contributed by atoms with Crippen molar-refractivity contribution in [2.75, 3.05) is 5.75 Å². The van der Waals surface area contributed by atoms with Crippen molar-refractivity contribution in [1.29, 1.82) is 0 Å². The summed E-state index contributed by atoms with van der Waals surface area (Å²) in [7, 11) is 0. The highest BCUT2D eigenvalue weighted by molar-refractivity contribution is 8.00. The second kappa shape index (κ2) is 6.70. The minimum absolute atomic E-state index is 0.0679. The van der Waals surface area contributed by atoms with Crippen molar-refractivity contribution >= 4 is 23.8 Å². The number of amides is 2. The van der Waals surface area contributed by atoms with Gasteiger partial charge in [0, 0.05) is 11.8 Å². The Kier molecular flexibility index (Phi) is 5.18. The second-order valence-corrected chi connectivity index (χ2v) is 7.13. The number of urea groups is 1. The highest BCUT2D eigenvalue weighted by Crippen LogP contribution is 2.30. The summed E-state index contributed by atoms with van der Waals surface area (Å²) < 4.78 is 0. The maximum absolute atomic E-state index is 12.4. The van der Waals surface area contributed by atoms with Crippen LogP contribution in [0.4, 0.5) is 4.79 Å². The molecule has 0 spiro atoms. The van der Waals surface area contributed by atoms with Crippen LogP contribution in [-0.4, -0.2) is 45.2 Å². The van der Waals surface area contributed by atoms with Gasteiger partial charge in [0.2, 0.25) is 0 Å². The lowest BCUT2D eigenvalue weighted by atomic mass is 9.84. The monoisotopic (exact) mass is 300 g/mol. The van der Waals surface area contributed by atoms with Crippen LogP contribution < -0.4 is 5.32 Å². The number of carbonyl (C=O) groups is 2. The Hall–Kier alpha value is -0.910. The first-order chi connectivity index (χ1) is 9.52. The molecule has 1 aliphatic heterocycles. The van der Waals surface area contributed by atoms with Gasteiger partial charge in [0.15, 0.2) is 0 Å². The van der Waals surface area contributed by atoms with Crippen LogP contribution >= 0.6 is 11.8 Å². The van der Waals surface area contributed by atoms with Gasteiger partial charge in [-0.15, -0.1) is 11.8 Å². The first-order valence-corrected chi connectivity index (χ1v) is 8.51. The van der Waals surface area contributed by atoms with Crippen LogP contribution in [0.15, 0.2) is 0 Å². The van der Waals surface area contributed by atoms with Crippen LogP contribution in [0.5, 0.6) is 0 Å². The van der Waals surface area contributed by atoms with E-state index in [1.54, 1.807) is 0 Å². The molecule has 2 aliphatic rings. The number of rotatable bonds is 3. The molecule has 2 amide bonds. The van der Waals surface area contributed by atoms with Crippen molar-refractivity contribution < 1.29 is 14.7 Å². The topological polar surface area (TPSA) is 69.6 Å². The Labute approximate surface area is 124 Å². The van der Waals surface area contributed by atoms with E-state index < -0.39 is 12.0 Å². The molecule has 2 fully saturated rings. The minimum Gasteiger partial charge on any atom is -0.480 e. The lowest BCUT2D eigenvalue weighted by Gasteiger charge is -2.32. The third-order valence-electron chi connectivity index (χ3n) is 4.43. The first kappa shape index (κ1) is 15.5. The van der Waals surface area contributed by atoms with Gasteiger partial charge >= 0.3 is 12.0 Å². The van der Waals surface area contributed by atoms with Crippen LogP contribution in [0, 0.1) is 5.92 Å². The van der Waals surface area contributed by atoms with Gasteiger partial charge in [0.05, 0.1) is 5.37 Å². The van der Waals surface area contributed by atoms with E-state index in [1.165, 1.54) is 23.1 Å². The number of thioether (sulfide) groups is 1. The molecule has 0 bridgehead atoms. The zero-order valence-electron chi connectivity index (χ0n) is 12.2. The molecule has 114 valence electrons. The predicted octanol–water partition coefficient (Wildman–Crippen LogP) is 2.51. The number of nitrogens with one attached hydrogen (secondary N) is 1. The molecule has 4 atom stereocenters. The van der Waals surface area contributed by atoms with Crippen LogP contribution in [0.25, 0.3) is 0 Å². The number of carboxylic acids is 1. The largest absolute Gasteiger partial charge is 0.480 e. The molecular weight excluding hydrogens is 276 g/mol. The first-order valence-electron chi connectivity index (χ1n) is 7.46. The Morgan fingerprint density at radius 1 is 1.40 bits per heavy atom. The lowest BCUT2D eigenvalue weighted by molar-refractivity contribution is -0.141. The maximum Gasteiger partial charge on any atom is 0.327 e. The molecule has 5 nitrogen and oxygen atoms in total. The third kappa shape index (κ3) is 3.40. The Morgan fingerprint density at radius 3 is 2.80 bits per heavy atom. The molecule has 0 aromatic carbocycles. The molecule has 0 aromatic heterocycles. The molecule has 1 aliphatic carbocycles. The Balaban J connectivity index is 1.94. The van der Waals surface area contributed by atoms with Crippen molar-refractivity contribution in [3.63, 3.8) is 0 Å². The molecule has 0 radical (unpaired) electrons. The van der Waals surface area contributed by atoms with E-state index in [1.807, 2.05) is 6.92 Å². The molecule has 0 aromatic rings. The van der Waals surface area contributed by atoms with Crippen LogP contribution in [0.2, 0.25) is 0 Å². The summed E-state index contributed by atoms with van der Waals surface area (Å²) in [6.45, 7) is 4.08. The molecule has 1 heterocycles. The van der Waals surface area contributed by atoms with Crippen LogP contribution in [-0.2, 0) is 4.79 Å². The van der Waals surface area contributed by atoms with Crippen molar-refractivity contribution in [2.45, 2.75) is 63.4 Å². The average molecular weight is 300 g/mol. The summed E-state index contributed by atoms with van der Waals surface area (Å²) in [5, 5.41) is 12.2. The normalized spacial score (nSPS) is 34.0. The minimum atomic E-state index is -0.910. The quantitative estimate of drug-likeness (QED) is 0.840. The number of carbonyl (C=O) groups excluding carboxylic acids is 1. The molecular formula is C14H24N2O3S. The fourth-order valence-corrected chi connectivity index (χ4v) is 4.35. The number of carboxylic acid groups (broad SMARTS) is 1. The lowest BCUT2D eigenvalue weighted by Crippen LogP contribution is -2.52. The smallest absolute Gasteiger partial charge is 0.327 e. The summed E-state index contributed by atoms with van der Waals surface area (Å²) >= 11 is 1.52. The van der Waals surface area contributed by atoms with Gasteiger partial charge in [0.1, 0.15) is 6.04 Å². The van der Waals surface area contributed by atoms with Gasteiger partial charge in [-0.3, -0.25) is 4.90 Å². The number of hydrogen-bond donors (Lipinski definition) is 2. The molecule has 20 heavy (non-hydrogen) atoms. The SMILES string of the molecule is CCC1CCCC(NC(=O)N2C(C)SCC2C(=O)O)C1.